The van der Waals surface area contributed by atoms with E-state index in [1.807, 2.05) is 0 Å². The maximum absolute atomic E-state index is 12.2. The van der Waals surface area contributed by atoms with Gasteiger partial charge in [-0.1, -0.05) is 11.3 Å². The average molecular weight is 253 g/mol. The van der Waals surface area contributed by atoms with E-state index in [0.717, 1.165) is 0 Å². The molecule has 1 aromatic heterocycles. The second-order valence-electron chi connectivity index (χ2n) is 3.42. The highest BCUT2D eigenvalue weighted by Crippen LogP contribution is 2.41. The molecule has 0 radical (unpaired) electrons. The van der Waals surface area contributed by atoms with Crippen molar-refractivity contribution in [1.29, 1.82) is 0 Å². The average Bonchev–Trinajstić information content (AvgIpc) is 2.74. The van der Waals surface area contributed by atoms with Gasteiger partial charge in [-0.25, -0.2) is 4.79 Å². The first kappa shape index (κ1) is 11.1. The number of nitrogens with one attached hydrogen (secondary N) is 1. The van der Waals surface area contributed by atoms with Crippen molar-refractivity contribution in [3.05, 3.63) is 5.01 Å². The van der Waals surface area contributed by atoms with Crippen LogP contribution in [-0.2, 0) is 11.0 Å². The van der Waals surface area contributed by atoms with Crippen molar-refractivity contribution in [3.8, 4) is 0 Å². The van der Waals surface area contributed by atoms with Crippen LogP contribution in [0.25, 0.3) is 0 Å². The zero-order valence-corrected chi connectivity index (χ0v) is 8.52. The molecule has 1 aliphatic rings. The number of carboxylic acid groups (broad SMARTS) is 1. The van der Waals surface area contributed by atoms with Crippen LogP contribution in [0.2, 0.25) is 0 Å². The molecule has 1 aromatic rings. The molecule has 1 saturated carbocycles. The lowest BCUT2D eigenvalue weighted by molar-refractivity contribution is -0.139. The van der Waals surface area contributed by atoms with Crippen LogP contribution >= 0.6 is 11.3 Å². The predicted molar refractivity (Wildman–Crippen MR) is 48.1 cm³/mol. The molecule has 5 nitrogen and oxygen atoms in total. The van der Waals surface area contributed by atoms with E-state index < -0.39 is 22.7 Å². The Bertz CT molecular complexity index is 427. The van der Waals surface area contributed by atoms with Gasteiger partial charge in [0.1, 0.15) is 5.54 Å². The van der Waals surface area contributed by atoms with E-state index in [1.54, 1.807) is 0 Å². The van der Waals surface area contributed by atoms with Crippen molar-refractivity contribution in [2.75, 3.05) is 5.32 Å². The quantitative estimate of drug-likeness (QED) is 0.855. The number of nitrogens with zero attached hydrogens (tertiary/aromatic N) is 2. The molecule has 0 unspecified atom stereocenters. The fourth-order valence-electron chi connectivity index (χ4n) is 1.11. The summed E-state index contributed by atoms with van der Waals surface area (Å²) in [5, 5.41) is 16.3. The normalized spacial score (nSPS) is 18.2. The summed E-state index contributed by atoms with van der Waals surface area (Å²) in [6.45, 7) is 0. The van der Waals surface area contributed by atoms with Gasteiger partial charge in [-0.2, -0.15) is 13.2 Å². The van der Waals surface area contributed by atoms with Crippen LogP contribution in [0.5, 0.6) is 0 Å². The third-order valence-electron chi connectivity index (χ3n) is 2.17. The molecule has 0 aliphatic heterocycles. The Morgan fingerprint density at radius 1 is 1.44 bits per heavy atom. The molecule has 88 valence electrons. The van der Waals surface area contributed by atoms with E-state index in [-0.39, 0.29) is 5.13 Å². The number of halogens is 3. The summed E-state index contributed by atoms with van der Waals surface area (Å²) >= 11 is 0.302. The van der Waals surface area contributed by atoms with Gasteiger partial charge in [0.25, 0.3) is 0 Å². The number of hydrogen-bond donors (Lipinski definition) is 2. The smallest absolute Gasteiger partial charge is 0.445 e. The van der Waals surface area contributed by atoms with E-state index in [1.165, 1.54) is 0 Å². The number of aliphatic carboxylic acids is 1. The summed E-state index contributed by atoms with van der Waals surface area (Å²) in [7, 11) is 0. The maximum atomic E-state index is 12.2. The van der Waals surface area contributed by atoms with Crippen LogP contribution in [0, 0.1) is 0 Å². The topological polar surface area (TPSA) is 75.1 Å². The highest BCUT2D eigenvalue weighted by Gasteiger charge is 2.51. The summed E-state index contributed by atoms with van der Waals surface area (Å²) in [6, 6.07) is 0. The van der Waals surface area contributed by atoms with Gasteiger partial charge in [0.2, 0.25) is 10.1 Å². The lowest BCUT2D eigenvalue weighted by atomic mass is 10.3. The van der Waals surface area contributed by atoms with Crippen LogP contribution in [-0.4, -0.2) is 26.8 Å². The number of carboxylic acids is 1. The Labute approximate surface area is 91.3 Å². The molecular formula is C7H6F3N3O2S. The van der Waals surface area contributed by atoms with Crippen LogP contribution in [0.3, 0.4) is 0 Å². The lowest BCUT2D eigenvalue weighted by Crippen LogP contribution is -2.31. The van der Waals surface area contributed by atoms with Crippen molar-refractivity contribution in [3.63, 3.8) is 0 Å². The van der Waals surface area contributed by atoms with Gasteiger partial charge in [0.15, 0.2) is 0 Å². The van der Waals surface area contributed by atoms with Crippen molar-refractivity contribution < 1.29 is 23.1 Å². The third-order valence-corrected chi connectivity index (χ3v) is 3.06. The third kappa shape index (κ3) is 1.94. The van der Waals surface area contributed by atoms with Crippen LogP contribution in [0.1, 0.15) is 17.8 Å². The fourth-order valence-corrected chi connectivity index (χ4v) is 1.82. The summed E-state index contributed by atoms with van der Waals surface area (Å²) in [5.41, 5.74) is -1.15. The minimum Gasteiger partial charge on any atom is -0.480 e. The Morgan fingerprint density at radius 3 is 2.44 bits per heavy atom. The van der Waals surface area contributed by atoms with Crippen molar-refractivity contribution in [2.45, 2.75) is 24.6 Å². The van der Waals surface area contributed by atoms with E-state index in [0.29, 0.717) is 24.2 Å². The van der Waals surface area contributed by atoms with Crippen LogP contribution < -0.4 is 5.32 Å². The zero-order valence-electron chi connectivity index (χ0n) is 7.71. The van der Waals surface area contributed by atoms with E-state index in [2.05, 4.69) is 15.5 Å². The van der Waals surface area contributed by atoms with Gasteiger partial charge in [0.05, 0.1) is 0 Å². The molecule has 0 atom stereocenters. The Kier molecular flexibility index (Phi) is 2.30. The van der Waals surface area contributed by atoms with Crippen molar-refractivity contribution >= 4 is 22.4 Å². The monoisotopic (exact) mass is 253 g/mol. The van der Waals surface area contributed by atoms with Gasteiger partial charge in [-0.05, 0) is 12.8 Å². The Morgan fingerprint density at radius 2 is 2.06 bits per heavy atom. The molecule has 1 fully saturated rings. The van der Waals surface area contributed by atoms with Gasteiger partial charge in [-0.3, -0.25) is 0 Å². The van der Waals surface area contributed by atoms with Crippen molar-refractivity contribution in [2.24, 2.45) is 0 Å². The van der Waals surface area contributed by atoms with Gasteiger partial charge in [-0.15, -0.1) is 10.2 Å². The Balaban J connectivity index is 2.12. The predicted octanol–water partition coefficient (Wildman–Crippen LogP) is 1.59. The first-order valence-corrected chi connectivity index (χ1v) is 5.07. The first-order chi connectivity index (χ1) is 7.33. The minimum absolute atomic E-state index is 0.118. The second kappa shape index (κ2) is 3.30. The summed E-state index contributed by atoms with van der Waals surface area (Å²) < 4.78 is 36.5. The molecule has 16 heavy (non-hydrogen) atoms. The minimum atomic E-state index is -4.54. The summed E-state index contributed by atoms with van der Waals surface area (Å²) in [4.78, 5) is 10.8. The van der Waals surface area contributed by atoms with Crippen molar-refractivity contribution in [1.82, 2.24) is 10.2 Å². The van der Waals surface area contributed by atoms with Crippen LogP contribution in [0.4, 0.5) is 18.3 Å². The van der Waals surface area contributed by atoms with E-state index in [9.17, 15) is 18.0 Å². The largest absolute Gasteiger partial charge is 0.480 e. The maximum Gasteiger partial charge on any atom is 0.445 e. The molecule has 2 N–H and O–H groups in total. The molecule has 1 aliphatic carbocycles. The van der Waals surface area contributed by atoms with Gasteiger partial charge in [0, 0.05) is 0 Å². The molecule has 0 amide bonds. The molecule has 0 saturated heterocycles. The highest BCUT2D eigenvalue weighted by atomic mass is 32.1. The molecule has 1 heterocycles. The van der Waals surface area contributed by atoms with E-state index in [4.69, 9.17) is 5.11 Å². The highest BCUT2D eigenvalue weighted by molar-refractivity contribution is 7.15. The first-order valence-electron chi connectivity index (χ1n) is 4.26. The molecular weight excluding hydrogens is 247 g/mol. The number of anilines is 1. The molecule has 0 aromatic carbocycles. The number of rotatable bonds is 3. The molecule has 2 rings (SSSR count). The van der Waals surface area contributed by atoms with E-state index >= 15 is 0 Å². The van der Waals surface area contributed by atoms with Crippen LogP contribution in [0.15, 0.2) is 0 Å². The zero-order chi connectivity index (χ0) is 12.0. The summed E-state index contributed by atoms with van der Waals surface area (Å²) in [6.07, 6.45) is -3.79. The van der Waals surface area contributed by atoms with Gasteiger partial charge < -0.3 is 10.4 Å². The second-order valence-corrected chi connectivity index (χ2v) is 4.40. The molecule has 0 bridgehead atoms. The molecule has 9 heteroatoms. The Hall–Kier alpha value is -1.38. The number of hydrogen-bond acceptors (Lipinski definition) is 5. The van der Waals surface area contributed by atoms with Gasteiger partial charge >= 0.3 is 12.1 Å². The number of aromatic nitrogens is 2. The number of carbonyl (C=O) groups is 1. The summed E-state index contributed by atoms with van der Waals surface area (Å²) in [5.74, 6) is -1.09. The number of alkyl halides is 3. The fraction of sp³-hybridized carbons (Fsp3) is 0.571. The lowest BCUT2D eigenvalue weighted by Gasteiger charge is -2.09. The SMILES string of the molecule is O=C(O)C1(Nc2nnc(C(F)(F)F)s2)CC1. The standard InChI is InChI=1S/C7H6F3N3O2S/c8-7(9,10)3-12-13-5(16-3)11-6(1-2-6)4(14)15/h1-2H2,(H,11,13)(H,14,15). The molecule has 0 spiro atoms.